The average Bonchev–Trinajstić information content (AvgIpc) is 2.30. The van der Waals surface area contributed by atoms with E-state index >= 15 is 0 Å². The third-order valence-corrected chi connectivity index (χ3v) is 2.64. The first-order valence-corrected chi connectivity index (χ1v) is 6.02. The second-order valence-electron chi connectivity index (χ2n) is 4.27. The zero-order valence-electron chi connectivity index (χ0n) is 10.8. The van der Waals surface area contributed by atoms with E-state index in [1.165, 1.54) is 5.56 Å². The summed E-state index contributed by atoms with van der Waals surface area (Å²) in [5.74, 6) is 0.0163. The van der Waals surface area contributed by atoms with Gasteiger partial charge in [0, 0.05) is 12.0 Å². The van der Waals surface area contributed by atoms with E-state index < -0.39 is 0 Å². The fourth-order valence-electron chi connectivity index (χ4n) is 1.68. The molecule has 0 saturated carbocycles. The standard InChI is InChI=1S/C15H20O2/c1-4-14(12(2)3)15(16)17-11-10-13-8-6-5-7-9-13/h4-9,12H,10-11H2,1-3H3/b14-4+. The van der Waals surface area contributed by atoms with E-state index in [2.05, 4.69) is 0 Å². The molecular weight excluding hydrogens is 212 g/mol. The van der Waals surface area contributed by atoms with E-state index in [1.54, 1.807) is 0 Å². The van der Waals surface area contributed by atoms with Crippen molar-refractivity contribution in [3.8, 4) is 0 Å². The second kappa shape index (κ2) is 6.89. The summed E-state index contributed by atoms with van der Waals surface area (Å²) in [5.41, 5.74) is 1.94. The molecule has 92 valence electrons. The summed E-state index contributed by atoms with van der Waals surface area (Å²) < 4.78 is 5.25. The van der Waals surface area contributed by atoms with E-state index in [0.29, 0.717) is 6.61 Å². The highest BCUT2D eigenvalue weighted by atomic mass is 16.5. The van der Waals surface area contributed by atoms with Crippen molar-refractivity contribution in [3.05, 3.63) is 47.5 Å². The highest BCUT2D eigenvalue weighted by molar-refractivity contribution is 5.88. The molecule has 0 saturated heterocycles. The summed E-state index contributed by atoms with van der Waals surface area (Å²) in [6.07, 6.45) is 2.59. The summed E-state index contributed by atoms with van der Waals surface area (Å²) in [4.78, 5) is 11.7. The molecular formula is C15H20O2. The van der Waals surface area contributed by atoms with Gasteiger partial charge in [-0.25, -0.2) is 4.79 Å². The van der Waals surface area contributed by atoms with Crippen molar-refractivity contribution in [2.45, 2.75) is 27.2 Å². The zero-order chi connectivity index (χ0) is 12.7. The number of benzene rings is 1. The van der Waals surface area contributed by atoms with Gasteiger partial charge in [0.25, 0.3) is 0 Å². The number of rotatable bonds is 5. The summed E-state index contributed by atoms with van der Waals surface area (Å²) in [7, 11) is 0. The average molecular weight is 232 g/mol. The van der Waals surface area contributed by atoms with Gasteiger partial charge in [0.05, 0.1) is 6.61 Å². The number of ether oxygens (including phenoxy) is 1. The molecule has 0 aromatic heterocycles. The van der Waals surface area contributed by atoms with Gasteiger partial charge in [-0.3, -0.25) is 0 Å². The van der Waals surface area contributed by atoms with Gasteiger partial charge in [0.1, 0.15) is 0 Å². The van der Waals surface area contributed by atoms with Crippen LogP contribution in [0.1, 0.15) is 26.3 Å². The molecule has 0 aliphatic heterocycles. The van der Waals surface area contributed by atoms with E-state index in [0.717, 1.165) is 12.0 Å². The molecule has 0 spiro atoms. The molecule has 1 aromatic rings. The highest BCUT2D eigenvalue weighted by Crippen LogP contribution is 2.11. The van der Waals surface area contributed by atoms with Crippen molar-refractivity contribution in [3.63, 3.8) is 0 Å². The molecule has 17 heavy (non-hydrogen) atoms. The van der Waals surface area contributed by atoms with Crippen LogP contribution in [0.3, 0.4) is 0 Å². The minimum atomic E-state index is -0.196. The van der Waals surface area contributed by atoms with E-state index in [4.69, 9.17) is 4.74 Å². The molecule has 0 radical (unpaired) electrons. The number of allylic oxidation sites excluding steroid dienone is 1. The summed E-state index contributed by atoms with van der Waals surface area (Å²) in [6, 6.07) is 10.0. The zero-order valence-corrected chi connectivity index (χ0v) is 10.8. The van der Waals surface area contributed by atoms with Crippen molar-refractivity contribution >= 4 is 5.97 Å². The number of hydrogen-bond acceptors (Lipinski definition) is 2. The van der Waals surface area contributed by atoms with E-state index in [9.17, 15) is 4.79 Å². The van der Waals surface area contributed by atoms with Crippen LogP contribution in [0.5, 0.6) is 0 Å². The maximum atomic E-state index is 11.7. The van der Waals surface area contributed by atoms with Gasteiger partial charge >= 0.3 is 5.97 Å². The fraction of sp³-hybridized carbons (Fsp3) is 0.400. The van der Waals surface area contributed by atoms with Crippen LogP contribution in [0.15, 0.2) is 42.0 Å². The number of carbonyl (C=O) groups is 1. The molecule has 0 N–H and O–H groups in total. The van der Waals surface area contributed by atoms with Gasteiger partial charge in [-0.2, -0.15) is 0 Å². The van der Waals surface area contributed by atoms with Gasteiger partial charge in [-0.1, -0.05) is 50.3 Å². The quantitative estimate of drug-likeness (QED) is 0.574. The Morgan fingerprint density at radius 2 is 1.94 bits per heavy atom. The molecule has 1 aromatic carbocycles. The predicted molar refractivity (Wildman–Crippen MR) is 69.7 cm³/mol. The van der Waals surface area contributed by atoms with E-state index in [1.807, 2.05) is 57.2 Å². The molecule has 0 aliphatic carbocycles. The largest absolute Gasteiger partial charge is 0.462 e. The van der Waals surface area contributed by atoms with Crippen molar-refractivity contribution in [1.82, 2.24) is 0 Å². The molecule has 2 heteroatoms. The van der Waals surface area contributed by atoms with Gasteiger partial charge in [0.2, 0.25) is 0 Å². The second-order valence-corrected chi connectivity index (χ2v) is 4.27. The first-order chi connectivity index (χ1) is 8.15. The predicted octanol–water partition coefficient (Wildman–Crippen LogP) is 3.37. The Hall–Kier alpha value is -1.57. The molecule has 0 amide bonds. The lowest BCUT2D eigenvalue weighted by molar-refractivity contribution is -0.139. The lowest BCUT2D eigenvalue weighted by Crippen LogP contribution is -2.14. The van der Waals surface area contributed by atoms with Crippen LogP contribution in [-0.2, 0) is 16.0 Å². The van der Waals surface area contributed by atoms with Gasteiger partial charge < -0.3 is 4.74 Å². The Bertz CT molecular complexity index is 377. The van der Waals surface area contributed by atoms with Gasteiger partial charge in [-0.15, -0.1) is 0 Å². The van der Waals surface area contributed by atoms with Crippen molar-refractivity contribution in [1.29, 1.82) is 0 Å². The fourth-order valence-corrected chi connectivity index (χ4v) is 1.68. The molecule has 0 aliphatic rings. The molecule has 1 rings (SSSR count). The molecule has 0 heterocycles. The first-order valence-electron chi connectivity index (χ1n) is 6.02. The third-order valence-electron chi connectivity index (χ3n) is 2.64. The highest BCUT2D eigenvalue weighted by Gasteiger charge is 2.13. The Balaban J connectivity index is 2.39. The Labute approximate surface area is 103 Å². The van der Waals surface area contributed by atoms with Gasteiger partial charge in [-0.05, 0) is 18.4 Å². The Morgan fingerprint density at radius 1 is 1.29 bits per heavy atom. The summed E-state index contributed by atoms with van der Waals surface area (Å²) in [5, 5.41) is 0. The minimum Gasteiger partial charge on any atom is -0.462 e. The Kier molecular flexibility index (Phi) is 5.47. The molecule has 0 unspecified atom stereocenters. The SMILES string of the molecule is C/C=C(/C(=O)OCCc1ccccc1)C(C)C. The number of carbonyl (C=O) groups excluding carboxylic acids is 1. The van der Waals surface area contributed by atoms with Gasteiger partial charge in [0.15, 0.2) is 0 Å². The summed E-state index contributed by atoms with van der Waals surface area (Å²) in [6.45, 7) is 6.29. The maximum Gasteiger partial charge on any atom is 0.333 e. The van der Waals surface area contributed by atoms with Crippen LogP contribution in [0.25, 0.3) is 0 Å². The Morgan fingerprint density at radius 3 is 2.47 bits per heavy atom. The van der Waals surface area contributed by atoms with Crippen LogP contribution in [0.2, 0.25) is 0 Å². The third kappa shape index (κ3) is 4.43. The van der Waals surface area contributed by atoms with Crippen LogP contribution in [-0.4, -0.2) is 12.6 Å². The van der Waals surface area contributed by atoms with Crippen molar-refractivity contribution in [2.75, 3.05) is 6.61 Å². The number of esters is 1. The topological polar surface area (TPSA) is 26.3 Å². The smallest absolute Gasteiger partial charge is 0.333 e. The molecule has 0 atom stereocenters. The van der Waals surface area contributed by atoms with Crippen LogP contribution >= 0.6 is 0 Å². The minimum absolute atomic E-state index is 0.196. The van der Waals surface area contributed by atoms with Crippen LogP contribution in [0.4, 0.5) is 0 Å². The molecule has 0 bridgehead atoms. The normalized spacial score (nSPS) is 11.6. The van der Waals surface area contributed by atoms with Crippen molar-refractivity contribution < 1.29 is 9.53 Å². The van der Waals surface area contributed by atoms with E-state index in [-0.39, 0.29) is 11.9 Å². The lowest BCUT2D eigenvalue weighted by Gasteiger charge is -2.10. The van der Waals surface area contributed by atoms with Crippen LogP contribution in [0, 0.1) is 5.92 Å². The summed E-state index contributed by atoms with van der Waals surface area (Å²) >= 11 is 0. The first kappa shape index (κ1) is 13.5. The lowest BCUT2D eigenvalue weighted by atomic mass is 10.0. The van der Waals surface area contributed by atoms with Crippen LogP contribution < -0.4 is 0 Å². The molecule has 0 fully saturated rings. The monoisotopic (exact) mass is 232 g/mol. The van der Waals surface area contributed by atoms with Crippen molar-refractivity contribution in [2.24, 2.45) is 5.92 Å². The number of hydrogen-bond donors (Lipinski definition) is 0. The molecule has 2 nitrogen and oxygen atoms in total. The maximum absolute atomic E-state index is 11.7.